The van der Waals surface area contributed by atoms with Crippen molar-refractivity contribution in [2.24, 2.45) is 23.7 Å². The summed E-state index contributed by atoms with van der Waals surface area (Å²) < 4.78 is 0. The molecule has 98 valence electrons. The number of hydrogen-bond donors (Lipinski definition) is 2. The molecule has 2 bridgehead atoms. The van der Waals surface area contributed by atoms with Crippen LogP contribution in [0.2, 0.25) is 0 Å². The minimum atomic E-state index is 0.263. The zero-order valence-corrected chi connectivity index (χ0v) is 11.4. The Bertz CT molecular complexity index is 274. The standard InChI is InChI=1S/C15H27NO/c1-10(2)6-14(9-17)16-11(3)15-8-12-4-5-13(15)7-12/h4-5,10-17H,6-9H2,1-3H3. The molecule has 2 N–H and O–H groups in total. The zero-order chi connectivity index (χ0) is 12.4. The van der Waals surface area contributed by atoms with Crippen LogP contribution in [0.3, 0.4) is 0 Å². The molecule has 0 radical (unpaired) electrons. The molecule has 0 heterocycles. The van der Waals surface area contributed by atoms with Gasteiger partial charge in [0.15, 0.2) is 0 Å². The van der Waals surface area contributed by atoms with Crippen molar-refractivity contribution in [3.63, 3.8) is 0 Å². The van der Waals surface area contributed by atoms with Gasteiger partial charge in [0, 0.05) is 12.1 Å². The van der Waals surface area contributed by atoms with Crippen molar-refractivity contribution >= 4 is 0 Å². The molecule has 2 rings (SSSR count). The van der Waals surface area contributed by atoms with Crippen LogP contribution < -0.4 is 5.32 Å². The summed E-state index contributed by atoms with van der Waals surface area (Å²) in [6.07, 6.45) is 8.58. The van der Waals surface area contributed by atoms with Gasteiger partial charge < -0.3 is 10.4 Å². The van der Waals surface area contributed by atoms with Gasteiger partial charge in [-0.2, -0.15) is 0 Å². The molecule has 2 aliphatic rings. The van der Waals surface area contributed by atoms with E-state index < -0.39 is 0 Å². The number of allylic oxidation sites excluding steroid dienone is 2. The van der Waals surface area contributed by atoms with Gasteiger partial charge in [0.2, 0.25) is 0 Å². The Labute approximate surface area is 105 Å². The minimum absolute atomic E-state index is 0.263. The predicted molar refractivity (Wildman–Crippen MR) is 71.8 cm³/mol. The molecule has 0 aromatic rings. The van der Waals surface area contributed by atoms with Gasteiger partial charge in [-0.25, -0.2) is 0 Å². The molecule has 5 atom stereocenters. The van der Waals surface area contributed by atoms with Crippen LogP contribution >= 0.6 is 0 Å². The van der Waals surface area contributed by atoms with Crippen LogP contribution in [0, 0.1) is 23.7 Å². The Balaban J connectivity index is 1.83. The summed E-state index contributed by atoms with van der Waals surface area (Å²) in [6.45, 7) is 6.99. The lowest BCUT2D eigenvalue weighted by molar-refractivity contribution is 0.195. The van der Waals surface area contributed by atoms with E-state index in [1.165, 1.54) is 12.8 Å². The Hall–Kier alpha value is -0.340. The summed E-state index contributed by atoms with van der Waals surface area (Å²) in [5.74, 6) is 3.06. The van der Waals surface area contributed by atoms with Gasteiger partial charge in [0.25, 0.3) is 0 Å². The van der Waals surface area contributed by atoms with Crippen LogP contribution in [0.1, 0.15) is 40.0 Å². The van der Waals surface area contributed by atoms with E-state index in [2.05, 4.69) is 38.2 Å². The fraction of sp³-hybridized carbons (Fsp3) is 0.867. The van der Waals surface area contributed by atoms with Gasteiger partial charge in [-0.15, -0.1) is 0 Å². The third-order valence-electron chi connectivity index (χ3n) is 4.45. The minimum Gasteiger partial charge on any atom is -0.395 e. The van der Waals surface area contributed by atoms with Crippen molar-refractivity contribution in [2.45, 2.75) is 52.1 Å². The van der Waals surface area contributed by atoms with E-state index in [9.17, 15) is 5.11 Å². The normalized spacial score (nSPS) is 34.5. The second kappa shape index (κ2) is 5.53. The van der Waals surface area contributed by atoms with Crippen LogP contribution in [0.25, 0.3) is 0 Å². The lowest BCUT2D eigenvalue weighted by Gasteiger charge is -2.30. The van der Waals surface area contributed by atoms with E-state index >= 15 is 0 Å². The van der Waals surface area contributed by atoms with E-state index in [0.29, 0.717) is 12.0 Å². The third-order valence-corrected chi connectivity index (χ3v) is 4.45. The van der Waals surface area contributed by atoms with E-state index in [-0.39, 0.29) is 12.6 Å². The summed E-state index contributed by atoms with van der Waals surface area (Å²) in [6, 6.07) is 0.805. The van der Waals surface area contributed by atoms with Crippen molar-refractivity contribution in [2.75, 3.05) is 6.61 Å². The Morgan fingerprint density at radius 2 is 2.00 bits per heavy atom. The highest BCUT2D eigenvalue weighted by molar-refractivity contribution is 5.11. The van der Waals surface area contributed by atoms with Crippen LogP contribution in [-0.4, -0.2) is 23.8 Å². The van der Waals surface area contributed by atoms with Crippen molar-refractivity contribution in [1.29, 1.82) is 0 Å². The average molecular weight is 237 g/mol. The zero-order valence-electron chi connectivity index (χ0n) is 11.4. The van der Waals surface area contributed by atoms with Crippen LogP contribution in [0.5, 0.6) is 0 Å². The SMILES string of the molecule is CC(C)CC(CO)NC(C)C1CC2C=CC1C2. The van der Waals surface area contributed by atoms with Gasteiger partial charge in [0.05, 0.1) is 6.61 Å². The van der Waals surface area contributed by atoms with Gasteiger partial charge in [0.1, 0.15) is 0 Å². The van der Waals surface area contributed by atoms with Crippen LogP contribution in [0.4, 0.5) is 0 Å². The predicted octanol–water partition coefficient (Wildman–Crippen LogP) is 2.58. The molecule has 0 spiro atoms. The van der Waals surface area contributed by atoms with E-state index in [1.54, 1.807) is 0 Å². The second-order valence-electron chi connectivity index (χ2n) is 6.41. The quantitative estimate of drug-likeness (QED) is 0.696. The van der Waals surface area contributed by atoms with Crippen LogP contribution in [0.15, 0.2) is 12.2 Å². The monoisotopic (exact) mass is 237 g/mol. The Morgan fingerprint density at radius 3 is 2.47 bits per heavy atom. The van der Waals surface area contributed by atoms with Crippen molar-refractivity contribution < 1.29 is 5.11 Å². The lowest BCUT2D eigenvalue weighted by atomic mass is 9.87. The number of hydrogen-bond acceptors (Lipinski definition) is 2. The maximum Gasteiger partial charge on any atom is 0.0584 e. The molecule has 2 aliphatic carbocycles. The van der Waals surface area contributed by atoms with E-state index in [4.69, 9.17) is 0 Å². The molecular weight excluding hydrogens is 210 g/mol. The molecule has 2 heteroatoms. The fourth-order valence-electron chi connectivity index (χ4n) is 3.66. The van der Waals surface area contributed by atoms with Gasteiger partial charge in [-0.3, -0.25) is 0 Å². The summed E-state index contributed by atoms with van der Waals surface area (Å²) in [5.41, 5.74) is 0. The van der Waals surface area contributed by atoms with E-state index in [0.717, 1.165) is 24.2 Å². The highest BCUT2D eigenvalue weighted by Crippen LogP contribution is 2.44. The highest BCUT2D eigenvalue weighted by Gasteiger charge is 2.38. The van der Waals surface area contributed by atoms with Gasteiger partial charge in [-0.1, -0.05) is 26.0 Å². The van der Waals surface area contributed by atoms with Crippen molar-refractivity contribution in [3.05, 3.63) is 12.2 Å². The van der Waals surface area contributed by atoms with Gasteiger partial charge in [-0.05, 0) is 49.9 Å². The average Bonchev–Trinajstić information content (AvgIpc) is 2.88. The molecule has 17 heavy (non-hydrogen) atoms. The fourth-order valence-corrected chi connectivity index (χ4v) is 3.66. The Kier molecular flexibility index (Phi) is 4.26. The summed E-state index contributed by atoms with van der Waals surface area (Å²) in [7, 11) is 0. The topological polar surface area (TPSA) is 32.3 Å². The number of fused-ring (bicyclic) bond motifs is 2. The summed E-state index contributed by atoms with van der Waals surface area (Å²) in [5, 5.41) is 13.1. The maximum absolute atomic E-state index is 9.42. The number of aliphatic hydroxyl groups is 1. The number of rotatable bonds is 6. The summed E-state index contributed by atoms with van der Waals surface area (Å²) >= 11 is 0. The first-order chi connectivity index (χ1) is 8.10. The smallest absolute Gasteiger partial charge is 0.0584 e. The first-order valence-electron chi connectivity index (χ1n) is 7.15. The molecule has 1 saturated carbocycles. The summed E-state index contributed by atoms with van der Waals surface area (Å²) in [4.78, 5) is 0. The lowest BCUT2D eigenvalue weighted by Crippen LogP contribution is -2.44. The van der Waals surface area contributed by atoms with Gasteiger partial charge >= 0.3 is 0 Å². The third kappa shape index (κ3) is 3.11. The molecule has 5 unspecified atom stereocenters. The molecule has 0 aromatic heterocycles. The molecule has 0 saturated heterocycles. The molecule has 0 aromatic carbocycles. The molecule has 2 nitrogen and oxygen atoms in total. The van der Waals surface area contributed by atoms with Crippen LogP contribution in [-0.2, 0) is 0 Å². The first kappa shape index (κ1) is 13.1. The number of nitrogens with one attached hydrogen (secondary N) is 1. The largest absolute Gasteiger partial charge is 0.395 e. The van der Waals surface area contributed by atoms with E-state index in [1.807, 2.05) is 0 Å². The van der Waals surface area contributed by atoms with Crippen molar-refractivity contribution in [3.8, 4) is 0 Å². The van der Waals surface area contributed by atoms with Crippen molar-refractivity contribution in [1.82, 2.24) is 5.32 Å². The highest BCUT2D eigenvalue weighted by atomic mass is 16.3. The second-order valence-corrected chi connectivity index (χ2v) is 6.41. The Morgan fingerprint density at radius 1 is 1.24 bits per heavy atom. The molecule has 0 amide bonds. The maximum atomic E-state index is 9.42. The molecular formula is C15H27NO. The number of aliphatic hydroxyl groups excluding tert-OH is 1. The first-order valence-corrected chi connectivity index (χ1v) is 7.15. The molecule has 0 aliphatic heterocycles. The molecule has 1 fully saturated rings.